The van der Waals surface area contributed by atoms with Gasteiger partial charge in [0.1, 0.15) is 5.82 Å². The van der Waals surface area contributed by atoms with Gasteiger partial charge in [-0.1, -0.05) is 13.3 Å². The lowest BCUT2D eigenvalue weighted by Crippen LogP contribution is -2.09. The molecule has 0 saturated heterocycles. The lowest BCUT2D eigenvalue weighted by molar-refractivity contribution is 0.728. The Kier molecular flexibility index (Phi) is 3.24. The molecule has 16 heavy (non-hydrogen) atoms. The first kappa shape index (κ1) is 10.7. The van der Waals surface area contributed by atoms with Gasteiger partial charge in [0.25, 0.3) is 0 Å². The van der Waals surface area contributed by atoms with Gasteiger partial charge in [-0.3, -0.25) is 9.25 Å². The number of rotatable bonds is 5. The predicted molar refractivity (Wildman–Crippen MR) is 63.7 cm³/mol. The summed E-state index contributed by atoms with van der Waals surface area (Å²) in [6, 6.07) is 1.96. The van der Waals surface area contributed by atoms with Gasteiger partial charge >= 0.3 is 0 Å². The smallest absolute Gasteiger partial charge is 0.208 e. The molecule has 0 bridgehead atoms. The molecule has 1 N–H and O–H groups in total. The van der Waals surface area contributed by atoms with Crippen LogP contribution in [0.4, 0.5) is 5.95 Å². The molecule has 0 amide bonds. The van der Waals surface area contributed by atoms with Crippen LogP contribution in [0.25, 0.3) is 5.82 Å². The van der Waals surface area contributed by atoms with E-state index < -0.39 is 0 Å². The number of hydrogen-bond donors (Lipinski definition) is 1. The van der Waals surface area contributed by atoms with Gasteiger partial charge in [-0.15, -0.1) is 0 Å². The van der Waals surface area contributed by atoms with Gasteiger partial charge in [0, 0.05) is 32.1 Å². The summed E-state index contributed by atoms with van der Waals surface area (Å²) in [6.45, 7) is 3.13. The minimum atomic E-state index is 0.872. The molecule has 2 aromatic rings. The molecule has 0 atom stereocenters. The molecule has 2 rings (SSSR count). The van der Waals surface area contributed by atoms with Crippen molar-refractivity contribution in [3.05, 3.63) is 24.7 Å². The van der Waals surface area contributed by atoms with Crippen LogP contribution in [0.2, 0.25) is 0 Å². The number of aromatic nitrogens is 4. The lowest BCUT2D eigenvalue weighted by atomic mass is 10.3. The zero-order valence-corrected chi connectivity index (χ0v) is 9.72. The third kappa shape index (κ3) is 2.08. The first-order valence-corrected chi connectivity index (χ1v) is 5.58. The molecule has 5 heteroatoms. The van der Waals surface area contributed by atoms with Crippen LogP contribution < -0.4 is 5.32 Å². The number of unbranched alkanes of at least 4 members (excludes halogenated alkanes) is 1. The molecule has 2 heterocycles. The van der Waals surface area contributed by atoms with E-state index >= 15 is 0 Å². The van der Waals surface area contributed by atoms with Crippen molar-refractivity contribution in [2.45, 2.75) is 19.8 Å². The molecule has 0 aliphatic rings. The van der Waals surface area contributed by atoms with E-state index in [4.69, 9.17) is 0 Å². The topological polar surface area (TPSA) is 47.7 Å². The average Bonchev–Trinajstić information content (AvgIpc) is 2.87. The Morgan fingerprint density at radius 3 is 2.94 bits per heavy atom. The lowest BCUT2D eigenvalue weighted by Gasteiger charge is -2.09. The van der Waals surface area contributed by atoms with E-state index in [1.54, 1.807) is 12.4 Å². The number of nitrogens with one attached hydrogen (secondary N) is 1. The standard InChI is InChI=1S/C11H17N5/c1-3-4-6-12-11-13-8-9-16(11)10-5-7-14-15(10)2/h5,7-9H,3-4,6H2,1-2H3,(H,12,13). The van der Waals surface area contributed by atoms with Crippen molar-refractivity contribution in [1.29, 1.82) is 0 Å². The van der Waals surface area contributed by atoms with Crippen LogP contribution in [0.5, 0.6) is 0 Å². The van der Waals surface area contributed by atoms with Gasteiger partial charge in [-0.2, -0.15) is 5.10 Å². The van der Waals surface area contributed by atoms with Crippen LogP contribution in [0.1, 0.15) is 19.8 Å². The fourth-order valence-corrected chi connectivity index (χ4v) is 1.60. The summed E-state index contributed by atoms with van der Waals surface area (Å²) in [7, 11) is 1.92. The molecule has 0 spiro atoms. The molecular formula is C11H17N5. The van der Waals surface area contributed by atoms with E-state index in [0.717, 1.165) is 24.7 Å². The summed E-state index contributed by atoms with van der Waals surface area (Å²) < 4.78 is 3.83. The monoisotopic (exact) mass is 219 g/mol. The maximum atomic E-state index is 4.30. The van der Waals surface area contributed by atoms with Crippen LogP contribution in [-0.4, -0.2) is 25.9 Å². The van der Waals surface area contributed by atoms with Crippen LogP contribution >= 0.6 is 0 Å². The van der Waals surface area contributed by atoms with Crippen molar-refractivity contribution in [2.24, 2.45) is 7.05 Å². The highest BCUT2D eigenvalue weighted by Gasteiger charge is 2.06. The normalized spacial score (nSPS) is 10.6. The molecule has 0 fully saturated rings. The third-order valence-corrected chi connectivity index (χ3v) is 2.50. The molecule has 0 aliphatic carbocycles. The number of hydrogen-bond acceptors (Lipinski definition) is 3. The van der Waals surface area contributed by atoms with Crippen LogP contribution in [0, 0.1) is 0 Å². The Hall–Kier alpha value is -1.78. The Labute approximate surface area is 95.1 Å². The Morgan fingerprint density at radius 1 is 1.38 bits per heavy atom. The summed E-state index contributed by atoms with van der Waals surface area (Å²) in [5.41, 5.74) is 0. The fourth-order valence-electron chi connectivity index (χ4n) is 1.60. The van der Waals surface area contributed by atoms with E-state index in [1.807, 2.05) is 28.6 Å². The summed E-state index contributed by atoms with van der Waals surface area (Å²) in [5, 5.41) is 7.47. The number of nitrogens with zero attached hydrogens (tertiary/aromatic N) is 4. The highest BCUT2D eigenvalue weighted by Crippen LogP contribution is 2.12. The third-order valence-electron chi connectivity index (χ3n) is 2.50. The first-order valence-electron chi connectivity index (χ1n) is 5.58. The quantitative estimate of drug-likeness (QED) is 0.780. The molecule has 2 aromatic heterocycles. The molecule has 0 saturated carbocycles. The van der Waals surface area contributed by atoms with Crippen molar-refractivity contribution >= 4 is 5.95 Å². The van der Waals surface area contributed by atoms with Crippen LogP contribution in [-0.2, 0) is 7.05 Å². The van der Waals surface area contributed by atoms with Crippen molar-refractivity contribution in [2.75, 3.05) is 11.9 Å². The summed E-state index contributed by atoms with van der Waals surface area (Å²) in [5.74, 6) is 1.88. The zero-order chi connectivity index (χ0) is 11.4. The molecule has 5 nitrogen and oxygen atoms in total. The summed E-state index contributed by atoms with van der Waals surface area (Å²) >= 11 is 0. The SMILES string of the molecule is CCCCNc1nccn1-c1ccnn1C. The van der Waals surface area contributed by atoms with Crippen molar-refractivity contribution in [1.82, 2.24) is 19.3 Å². The summed E-state index contributed by atoms with van der Waals surface area (Å²) in [6.07, 6.45) is 7.84. The minimum Gasteiger partial charge on any atom is -0.355 e. The maximum absolute atomic E-state index is 4.30. The van der Waals surface area contributed by atoms with Gasteiger partial charge < -0.3 is 5.32 Å². The second-order valence-corrected chi connectivity index (χ2v) is 3.71. The largest absolute Gasteiger partial charge is 0.355 e. The summed E-state index contributed by atoms with van der Waals surface area (Å²) in [4.78, 5) is 4.30. The van der Waals surface area contributed by atoms with Gasteiger partial charge in [0.15, 0.2) is 0 Å². The average molecular weight is 219 g/mol. The highest BCUT2D eigenvalue weighted by atomic mass is 15.3. The van der Waals surface area contributed by atoms with E-state index in [2.05, 4.69) is 22.3 Å². The number of anilines is 1. The van der Waals surface area contributed by atoms with Crippen LogP contribution in [0.15, 0.2) is 24.7 Å². The molecular weight excluding hydrogens is 202 g/mol. The van der Waals surface area contributed by atoms with Gasteiger partial charge in [-0.05, 0) is 6.42 Å². The zero-order valence-electron chi connectivity index (χ0n) is 9.72. The van der Waals surface area contributed by atoms with E-state index in [0.29, 0.717) is 0 Å². The number of imidazole rings is 1. The molecule has 86 valence electrons. The van der Waals surface area contributed by atoms with E-state index in [-0.39, 0.29) is 0 Å². The second-order valence-electron chi connectivity index (χ2n) is 3.71. The van der Waals surface area contributed by atoms with Gasteiger partial charge in [0.2, 0.25) is 5.95 Å². The van der Waals surface area contributed by atoms with Crippen molar-refractivity contribution in [3.63, 3.8) is 0 Å². The first-order chi connectivity index (χ1) is 7.83. The predicted octanol–water partition coefficient (Wildman–Crippen LogP) is 1.82. The fraction of sp³-hybridized carbons (Fsp3) is 0.455. The van der Waals surface area contributed by atoms with E-state index in [9.17, 15) is 0 Å². The molecule has 0 aromatic carbocycles. The Balaban J connectivity index is 2.16. The number of aryl methyl sites for hydroxylation is 1. The molecule has 0 radical (unpaired) electrons. The van der Waals surface area contributed by atoms with Gasteiger partial charge in [0.05, 0.1) is 6.20 Å². The van der Waals surface area contributed by atoms with E-state index in [1.165, 1.54) is 6.42 Å². The van der Waals surface area contributed by atoms with Crippen LogP contribution in [0.3, 0.4) is 0 Å². The minimum absolute atomic E-state index is 0.872. The molecule has 0 unspecified atom stereocenters. The maximum Gasteiger partial charge on any atom is 0.208 e. The Morgan fingerprint density at radius 2 is 2.25 bits per heavy atom. The Bertz CT molecular complexity index is 443. The van der Waals surface area contributed by atoms with Crippen molar-refractivity contribution < 1.29 is 0 Å². The van der Waals surface area contributed by atoms with Crippen molar-refractivity contribution in [3.8, 4) is 5.82 Å². The van der Waals surface area contributed by atoms with Gasteiger partial charge in [-0.25, -0.2) is 4.98 Å². The molecule has 0 aliphatic heterocycles. The highest BCUT2D eigenvalue weighted by molar-refractivity contribution is 5.36. The second kappa shape index (κ2) is 4.83.